The lowest BCUT2D eigenvalue weighted by Crippen LogP contribution is -2.06. The average molecular weight is 371 g/mol. The van der Waals surface area contributed by atoms with Crippen LogP contribution in [0.4, 0.5) is 0 Å². The summed E-state index contributed by atoms with van der Waals surface area (Å²) < 4.78 is 0. The van der Waals surface area contributed by atoms with Gasteiger partial charge in [-0.1, -0.05) is 98.2 Å². The Bertz CT molecular complexity index is 790. The molecule has 0 N–H and O–H groups in total. The van der Waals surface area contributed by atoms with Crippen molar-refractivity contribution in [2.24, 2.45) is 5.92 Å². The molecule has 0 heterocycles. The highest BCUT2D eigenvalue weighted by Gasteiger charge is 2.31. The van der Waals surface area contributed by atoms with Gasteiger partial charge in [-0.25, -0.2) is 0 Å². The van der Waals surface area contributed by atoms with Crippen LogP contribution in [-0.4, -0.2) is 0 Å². The number of hydrogen-bond acceptors (Lipinski definition) is 0. The minimum Gasteiger partial charge on any atom is -0.0992 e. The summed E-state index contributed by atoms with van der Waals surface area (Å²) in [6, 6.07) is 20.3. The Kier molecular flexibility index (Phi) is 6.15. The number of rotatable bonds is 6. The van der Waals surface area contributed by atoms with Crippen LogP contribution in [0.1, 0.15) is 79.9 Å². The summed E-state index contributed by atoms with van der Waals surface area (Å²) in [5, 5.41) is 0. The maximum absolute atomic E-state index is 4.52. The van der Waals surface area contributed by atoms with Crippen LogP contribution in [0.15, 0.2) is 78.9 Å². The molecular weight excluding hydrogens is 336 g/mol. The lowest BCUT2D eigenvalue weighted by atomic mass is 9.82. The Balaban J connectivity index is 1.36. The summed E-state index contributed by atoms with van der Waals surface area (Å²) >= 11 is 0. The Morgan fingerprint density at radius 1 is 0.786 bits per heavy atom. The molecule has 0 radical (unpaired) electrons. The van der Waals surface area contributed by atoms with Crippen LogP contribution in [0, 0.1) is 5.92 Å². The van der Waals surface area contributed by atoms with Crippen molar-refractivity contribution in [1.29, 1.82) is 0 Å². The molecule has 0 aliphatic heterocycles. The van der Waals surface area contributed by atoms with E-state index in [1.54, 1.807) is 5.56 Å². The number of hydrogen-bond donors (Lipinski definition) is 0. The molecule has 2 atom stereocenters. The Hall–Kier alpha value is -2.08. The molecule has 2 aromatic rings. The van der Waals surface area contributed by atoms with Crippen molar-refractivity contribution in [2.45, 2.75) is 69.6 Å². The third-order valence-electron chi connectivity index (χ3n) is 7.13. The molecule has 28 heavy (non-hydrogen) atoms. The van der Waals surface area contributed by atoms with E-state index < -0.39 is 0 Å². The van der Waals surface area contributed by atoms with Crippen LogP contribution in [-0.2, 0) is 6.42 Å². The monoisotopic (exact) mass is 370 g/mol. The molecule has 2 aromatic carbocycles. The molecule has 0 saturated heterocycles. The van der Waals surface area contributed by atoms with Crippen LogP contribution in [0.3, 0.4) is 0 Å². The molecule has 0 nitrogen and oxygen atoms in total. The van der Waals surface area contributed by atoms with Gasteiger partial charge in [0.05, 0.1) is 0 Å². The molecule has 2 saturated carbocycles. The van der Waals surface area contributed by atoms with Gasteiger partial charge in [0.15, 0.2) is 0 Å². The lowest BCUT2D eigenvalue weighted by Gasteiger charge is -2.23. The highest BCUT2D eigenvalue weighted by Crippen LogP contribution is 2.46. The summed E-state index contributed by atoms with van der Waals surface area (Å²) in [5.74, 6) is 1.80. The highest BCUT2D eigenvalue weighted by molar-refractivity contribution is 5.37. The molecule has 0 aromatic heterocycles. The largest absolute Gasteiger partial charge is 0.0992 e. The third-order valence-corrected chi connectivity index (χ3v) is 7.13. The zero-order valence-corrected chi connectivity index (χ0v) is 17.2. The molecule has 0 amide bonds. The fourth-order valence-electron chi connectivity index (χ4n) is 5.35. The SMILES string of the molecule is C=C(CCc1ccccc1)C1CCC(c2ccc(C3CCCCC3)cc2)C1=C. The van der Waals surface area contributed by atoms with Crippen molar-refractivity contribution in [2.75, 3.05) is 0 Å². The highest BCUT2D eigenvalue weighted by atomic mass is 14.4. The summed E-state index contributed by atoms with van der Waals surface area (Å²) in [5.41, 5.74) is 7.18. The molecule has 0 heteroatoms. The van der Waals surface area contributed by atoms with Crippen LogP contribution in [0.2, 0.25) is 0 Å². The molecule has 2 aliphatic carbocycles. The molecule has 2 aliphatic rings. The van der Waals surface area contributed by atoms with E-state index >= 15 is 0 Å². The van der Waals surface area contributed by atoms with Crippen LogP contribution in [0.5, 0.6) is 0 Å². The van der Waals surface area contributed by atoms with Crippen molar-refractivity contribution in [3.05, 3.63) is 95.6 Å². The van der Waals surface area contributed by atoms with E-state index in [0.717, 1.165) is 18.8 Å². The Morgan fingerprint density at radius 2 is 1.46 bits per heavy atom. The number of aryl methyl sites for hydroxylation is 1. The van der Waals surface area contributed by atoms with Crippen molar-refractivity contribution < 1.29 is 0 Å². The molecule has 4 rings (SSSR count). The smallest absolute Gasteiger partial charge is 0.00517 e. The summed E-state index contributed by atoms with van der Waals surface area (Å²) in [4.78, 5) is 0. The topological polar surface area (TPSA) is 0 Å². The van der Waals surface area contributed by atoms with Gasteiger partial charge in [-0.15, -0.1) is 0 Å². The predicted octanol–water partition coefficient (Wildman–Crippen LogP) is 7.97. The summed E-state index contributed by atoms with van der Waals surface area (Å²) in [7, 11) is 0. The zero-order chi connectivity index (χ0) is 19.3. The van der Waals surface area contributed by atoms with Gasteiger partial charge in [-0.2, -0.15) is 0 Å². The van der Waals surface area contributed by atoms with E-state index in [9.17, 15) is 0 Å². The first-order chi connectivity index (χ1) is 13.7. The molecule has 0 spiro atoms. The lowest BCUT2D eigenvalue weighted by molar-refractivity contribution is 0.443. The van der Waals surface area contributed by atoms with Gasteiger partial charge in [-0.05, 0) is 61.1 Å². The maximum Gasteiger partial charge on any atom is 0.00517 e. The standard InChI is InChI=1S/C28H34/c1-21(13-14-23-9-5-3-6-10-23)27-19-20-28(22(27)2)26-17-15-25(16-18-26)24-11-7-4-8-12-24/h3,5-6,9-10,15-18,24,27-28H,1-2,4,7-8,11-14,19-20H2. The molecular formula is C28H34. The van der Waals surface area contributed by atoms with E-state index in [-0.39, 0.29) is 0 Å². The first-order valence-electron chi connectivity index (χ1n) is 11.2. The minimum atomic E-state index is 0.492. The van der Waals surface area contributed by atoms with Gasteiger partial charge in [0.2, 0.25) is 0 Å². The normalized spacial score (nSPS) is 23.1. The fraction of sp³-hybridized carbons (Fsp3) is 0.429. The molecule has 146 valence electrons. The van der Waals surface area contributed by atoms with Crippen molar-refractivity contribution >= 4 is 0 Å². The summed E-state index contributed by atoms with van der Waals surface area (Å²) in [6.45, 7) is 8.97. The van der Waals surface area contributed by atoms with E-state index in [2.05, 4.69) is 67.8 Å². The average Bonchev–Trinajstić information content (AvgIpc) is 3.15. The maximum atomic E-state index is 4.52. The van der Waals surface area contributed by atoms with Gasteiger partial charge in [-0.3, -0.25) is 0 Å². The van der Waals surface area contributed by atoms with E-state index in [1.165, 1.54) is 67.2 Å². The van der Waals surface area contributed by atoms with E-state index in [0.29, 0.717) is 11.8 Å². The van der Waals surface area contributed by atoms with Gasteiger partial charge >= 0.3 is 0 Å². The first-order valence-corrected chi connectivity index (χ1v) is 11.2. The molecule has 2 unspecified atom stereocenters. The van der Waals surface area contributed by atoms with Gasteiger partial charge in [0, 0.05) is 11.8 Å². The predicted molar refractivity (Wildman–Crippen MR) is 121 cm³/mol. The van der Waals surface area contributed by atoms with Crippen molar-refractivity contribution in [3.63, 3.8) is 0 Å². The van der Waals surface area contributed by atoms with Gasteiger partial charge < -0.3 is 0 Å². The van der Waals surface area contributed by atoms with E-state index in [1.807, 2.05) is 0 Å². The van der Waals surface area contributed by atoms with E-state index in [4.69, 9.17) is 0 Å². The van der Waals surface area contributed by atoms with Crippen LogP contribution < -0.4 is 0 Å². The Labute approximate surface area is 171 Å². The van der Waals surface area contributed by atoms with Crippen molar-refractivity contribution in [1.82, 2.24) is 0 Å². The second kappa shape index (κ2) is 8.95. The zero-order valence-electron chi connectivity index (χ0n) is 17.2. The van der Waals surface area contributed by atoms with Crippen LogP contribution in [0.25, 0.3) is 0 Å². The summed E-state index contributed by atoms with van der Waals surface area (Å²) in [6.07, 6.45) is 11.6. The Morgan fingerprint density at radius 3 is 2.18 bits per heavy atom. The second-order valence-corrected chi connectivity index (χ2v) is 8.90. The van der Waals surface area contributed by atoms with Gasteiger partial charge in [0.25, 0.3) is 0 Å². The first kappa shape index (κ1) is 19.2. The number of benzene rings is 2. The fourth-order valence-corrected chi connectivity index (χ4v) is 5.35. The number of allylic oxidation sites excluding steroid dienone is 2. The third kappa shape index (κ3) is 4.32. The molecule has 2 fully saturated rings. The van der Waals surface area contributed by atoms with Crippen LogP contribution >= 0.6 is 0 Å². The second-order valence-electron chi connectivity index (χ2n) is 8.90. The van der Waals surface area contributed by atoms with Crippen molar-refractivity contribution in [3.8, 4) is 0 Å². The van der Waals surface area contributed by atoms with Gasteiger partial charge in [0.1, 0.15) is 0 Å². The molecule has 0 bridgehead atoms. The minimum absolute atomic E-state index is 0.492. The quantitative estimate of drug-likeness (QED) is 0.452.